The summed E-state index contributed by atoms with van der Waals surface area (Å²) in [5, 5.41) is 4.26. The molecular weight excluding hydrogens is 154 g/mol. The molecule has 0 fully saturated rings. The van der Waals surface area contributed by atoms with Gasteiger partial charge >= 0.3 is 6.03 Å². The van der Waals surface area contributed by atoms with Crippen LogP contribution in [0, 0.1) is 0 Å². The third-order valence-electron chi connectivity index (χ3n) is 0.824. The maximum atomic E-state index is 11.5. The van der Waals surface area contributed by atoms with Crippen molar-refractivity contribution in [1.29, 1.82) is 0 Å². The first-order valence-electron chi connectivity index (χ1n) is 3.07. The fourth-order valence-electron chi connectivity index (χ4n) is 0.397. The van der Waals surface area contributed by atoms with Gasteiger partial charge in [0.2, 0.25) is 0 Å². The van der Waals surface area contributed by atoms with E-state index in [1.807, 2.05) is 5.32 Å². The quantitative estimate of drug-likeness (QED) is 0.591. The lowest BCUT2D eigenvalue weighted by atomic mass is 10.6. The van der Waals surface area contributed by atoms with E-state index in [0.717, 1.165) is 0 Å². The fraction of sp³-hybridized carbons (Fsp3) is 0.500. The average Bonchev–Trinajstić information content (AvgIpc) is 1.97. The Morgan fingerprint density at radius 1 is 1.55 bits per heavy atom. The summed E-state index contributed by atoms with van der Waals surface area (Å²) in [5.41, 5.74) is 0. The van der Waals surface area contributed by atoms with E-state index in [9.17, 15) is 13.6 Å². The van der Waals surface area contributed by atoms with Crippen molar-refractivity contribution in [3.63, 3.8) is 0 Å². The van der Waals surface area contributed by atoms with Crippen molar-refractivity contribution in [2.24, 2.45) is 0 Å². The summed E-state index contributed by atoms with van der Waals surface area (Å²) in [4.78, 5) is 10.5. The number of urea groups is 1. The molecule has 0 bridgehead atoms. The second-order valence-corrected chi connectivity index (χ2v) is 1.77. The lowest BCUT2D eigenvalue weighted by Gasteiger charge is -2.03. The van der Waals surface area contributed by atoms with Gasteiger partial charge in [-0.15, -0.1) is 6.58 Å². The summed E-state index contributed by atoms with van der Waals surface area (Å²) < 4.78 is 22.9. The van der Waals surface area contributed by atoms with Crippen molar-refractivity contribution < 1.29 is 13.6 Å². The van der Waals surface area contributed by atoms with Crippen LogP contribution in [0.4, 0.5) is 13.6 Å². The summed E-state index contributed by atoms with van der Waals surface area (Å²) in [6, 6.07) is -0.606. The van der Waals surface area contributed by atoms with Gasteiger partial charge in [-0.25, -0.2) is 13.6 Å². The minimum Gasteiger partial charge on any atom is -0.335 e. The molecule has 0 aromatic rings. The highest BCUT2D eigenvalue weighted by Crippen LogP contribution is 1.86. The molecule has 2 N–H and O–H groups in total. The summed E-state index contributed by atoms with van der Waals surface area (Å²) >= 11 is 0. The fourth-order valence-corrected chi connectivity index (χ4v) is 0.397. The molecule has 0 aliphatic carbocycles. The maximum Gasteiger partial charge on any atom is 0.315 e. The van der Waals surface area contributed by atoms with Gasteiger partial charge in [-0.1, -0.05) is 6.08 Å². The zero-order valence-corrected chi connectivity index (χ0v) is 5.94. The zero-order valence-electron chi connectivity index (χ0n) is 5.94. The van der Waals surface area contributed by atoms with Crippen LogP contribution in [-0.2, 0) is 0 Å². The van der Waals surface area contributed by atoms with Gasteiger partial charge in [0, 0.05) is 6.54 Å². The number of rotatable bonds is 4. The molecule has 11 heavy (non-hydrogen) atoms. The third kappa shape index (κ3) is 6.76. The third-order valence-corrected chi connectivity index (χ3v) is 0.824. The Hall–Kier alpha value is -1.13. The number of nitrogens with one attached hydrogen (secondary N) is 2. The summed E-state index contributed by atoms with van der Waals surface area (Å²) in [6.45, 7) is 2.99. The Labute approximate surface area is 63.5 Å². The number of halogens is 2. The van der Waals surface area contributed by atoms with Gasteiger partial charge in [0.1, 0.15) is 0 Å². The molecule has 0 atom stereocenters. The number of amides is 2. The average molecular weight is 164 g/mol. The van der Waals surface area contributed by atoms with Gasteiger partial charge in [0.25, 0.3) is 6.43 Å². The first-order valence-corrected chi connectivity index (χ1v) is 3.07. The van der Waals surface area contributed by atoms with Gasteiger partial charge < -0.3 is 10.6 Å². The van der Waals surface area contributed by atoms with E-state index < -0.39 is 19.0 Å². The lowest BCUT2D eigenvalue weighted by molar-refractivity contribution is 0.146. The van der Waals surface area contributed by atoms with Crippen LogP contribution >= 0.6 is 0 Å². The van der Waals surface area contributed by atoms with Gasteiger partial charge in [0.05, 0.1) is 6.54 Å². The molecule has 0 saturated heterocycles. The van der Waals surface area contributed by atoms with Crippen LogP contribution in [0.2, 0.25) is 0 Å². The zero-order chi connectivity index (χ0) is 8.69. The van der Waals surface area contributed by atoms with E-state index in [1.54, 1.807) is 0 Å². The highest BCUT2D eigenvalue weighted by molar-refractivity contribution is 5.73. The topological polar surface area (TPSA) is 41.1 Å². The number of alkyl halides is 2. The summed E-state index contributed by atoms with van der Waals surface area (Å²) in [6.07, 6.45) is -1.05. The first kappa shape index (κ1) is 9.87. The van der Waals surface area contributed by atoms with Crippen LogP contribution in [0.15, 0.2) is 12.7 Å². The van der Waals surface area contributed by atoms with Crippen LogP contribution in [0.1, 0.15) is 0 Å². The predicted molar refractivity (Wildman–Crippen MR) is 37.6 cm³/mol. The van der Waals surface area contributed by atoms with Crippen molar-refractivity contribution in [3.05, 3.63) is 12.7 Å². The molecule has 0 saturated carbocycles. The van der Waals surface area contributed by atoms with E-state index in [4.69, 9.17) is 0 Å². The van der Waals surface area contributed by atoms with E-state index in [0.29, 0.717) is 0 Å². The maximum absolute atomic E-state index is 11.5. The molecule has 0 rings (SSSR count). The largest absolute Gasteiger partial charge is 0.335 e. The van der Waals surface area contributed by atoms with Crippen LogP contribution in [0.25, 0.3) is 0 Å². The molecule has 0 heterocycles. The van der Waals surface area contributed by atoms with E-state index >= 15 is 0 Å². The standard InChI is InChI=1S/C6H10F2N2O/c1-2-3-9-6(11)10-4-5(7)8/h2,5H,1,3-4H2,(H2,9,10,11). The Morgan fingerprint density at radius 3 is 2.64 bits per heavy atom. The van der Waals surface area contributed by atoms with Crippen molar-refractivity contribution in [2.45, 2.75) is 6.43 Å². The van der Waals surface area contributed by atoms with Gasteiger partial charge in [-0.05, 0) is 0 Å². The molecule has 2 amide bonds. The SMILES string of the molecule is C=CCNC(=O)NCC(F)F. The monoisotopic (exact) mass is 164 g/mol. The Morgan fingerprint density at radius 2 is 2.18 bits per heavy atom. The minimum atomic E-state index is -2.51. The van der Waals surface area contributed by atoms with E-state index in [-0.39, 0.29) is 6.54 Å². The van der Waals surface area contributed by atoms with E-state index in [1.165, 1.54) is 6.08 Å². The molecule has 0 spiro atoms. The molecule has 3 nitrogen and oxygen atoms in total. The lowest BCUT2D eigenvalue weighted by Crippen LogP contribution is -2.37. The highest BCUT2D eigenvalue weighted by atomic mass is 19.3. The smallest absolute Gasteiger partial charge is 0.315 e. The Kier molecular flexibility index (Phi) is 5.06. The second-order valence-electron chi connectivity index (χ2n) is 1.77. The van der Waals surface area contributed by atoms with Crippen molar-refractivity contribution in [1.82, 2.24) is 10.6 Å². The minimum absolute atomic E-state index is 0.273. The van der Waals surface area contributed by atoms with Gasteiger partial charge in [-0.2, -0.15) is 0 Å². The molecule has 5 heteroatoms. The molecule has 0 aliphatic rings. The van der Waals surface area contributed by atoms with Crippen molar-refractivity contribution in [3.8, 4) is 0 Å². The first-order chi connectivity index (χ1) is 5.16. The molecular formula is C6H10F2N2O. The molecule has 0 aromatic carbocycles. The number of hydrogen-bond acceptors (Lipinski definition) is 1. The molecule has 0 aromatic heterocycles. The Balaban J connectivity index is 3.29. The predicted octanol–water partition coefficient (Wildman–Crippen LogP) is 0.737. The van der Waals surface area contributed by atoms with Crippen LogP contribution < -0.4 is 10.6 Å². The Bertz CT molecular complexity index is 139. The number of carbonyl (C=O) groups is 1. The second kappa shape index (κ2) is 5.64. The number of carbonyl (C=O) groups excluding carboxylic acids is 1. The van der Waals surface area contributed by atoms with Crippen LogP contribution in [0.5, 0.6) is 0 Å². The van der Waals surface area contributed by atoms with Crippen LogP contribution in [-0.4, -0.2) is 25.5 Å². The van der Waals surface area contributed by atoms with Gasteiger partial charge in [0.15, 0.2) is 0 Å². The molecule has 64 valence electrons. The van der Waals surface area contributed by atoms with Crippen molar-refractivity contribution >= 4 is 6.03 Å². The molecule has 0 unspecified atom stereocenters. The normalized spacial score (nSPS) is 9.36. The summed E-state index contributed by atoms with van der Waals surface area (Å²) in [5.74, 6) is 0. The number of hydrogen-bond donors (Lipinski definition) is 2. The summed E-state index contributed by atoms with van der Waals surface area (Å²) in [7, 11) is 0. The van der Waals surface area contributed by atoms with Crippen LogP contribution in [0.3, 0.4) is 0 Å². The van der Waals surface area contributed by atoms with Gasteiger partial charge in [-0.3, -0.25) is 0 Å². The van der Waals surface area contributed by atoms with E-state index in [2.05, 4.69) is 11.9 Å². The molecule has 0 aliphatic heterocycles. The highest BCUT2D eigenvalue weighted by Gasteiger charge is 2.03. The molecule has 0 radical (unpaired) electrons. The van der Waals surface area contributed by atoms with Crippen molar-refractivity contribution in [2.75, 3.05) is 13.1 Å².